The molecule has 8 nitrogen and oxygen atoms in total. The summed E-state index contributed by atoms with van der Waals surface area (Å²) < 4.78 is 21.6. The van der Waals surface area contributed by atoms with Crippen LogP contribution in [0.25, 0.3) is 11.0 Å². The summed E-state index contributed by atoms with van der Waals surface area (Å²) in [5, 5.41) is 12.3. The normalized spacial score (nSPS) is 13.1. The molecule has 2 aromatic heterocycles. The molecule has 0 amide bonds. The van der Waals surface area contributed by atoms with Gasteiger partial charge in [-0.05, 0) is 18.6 Å². The van der Waals surface area contributed by atoms with Crippen molar-refractivity contribution in [3.05, 3.63) is 35.7 Å². The molecule has 0 aliphatic carbocycles. The summed E-state index contributed by atoms with van der Waals surface area (Å²) in [6.45, 7) is 1.68. The van der Waals surface area contributed by atoms with Gasteiger partial charge >= 0.3 is 0 Å². The first kappa shape index (κ1) is 16.1. The lowest BCUT2D eigenvalue weighted by Crippen LogP contribution is -2.13. The average molecular weight is 353 g/mol. The fourth-order valence-corrected chi connectivity index (χ4v) is 3.12. The first-order valence-electron chi connectivity index (χ1n) is 8.24. The van der Waals surface area contributed by atoms with E-state index in [9.17, 15) is 9.65 Å². The molecule has 1 aliphatic heterocycles. The van der Waals surface area contributed by atoms with E-state index < -0.39 is 0 Å². The topological polar surface area (TPSA) is 115 Å². The number of anilines is 2. The number of nitriles is 1. The molecule has 0 saturated carbocycles. The highest BCUT2D eigenvalue weighted by Crippen LogP contribution is 2.32. The van der Waals surface area contributed by atoms with Gasteiger partial charge in [-0.25, -0.2) is 19.3 Å². The zero-order valence-electron chi connectivity index (χ0n) is 13.9. The second-order valence-corrected chi connectivity index (χ2v) is 5.90. The Bertz CT molecular complexity index is 1020. The van der Waals surface area contributed by atoms with Crippen LogP contribution in [0.1, 0.15) is 17.8 Å². The van der Waals surface area contributed by atoms with Gasteiger partial charge in [-0.2, -0.15) is 5.26 Å². The van der Waals surface area contributed by atoms with Crippen LogP contribution in [-0.4, -0.2) is 32.7 Å². The Hall–Kier alpha value is -3.41. The van der Waals surface area contributed by atoms with Gasteiger partial charge in [0.15, 0.2) is 11.6 Å². The number of benzene rings is 1. The lowest BCUT2D eigenvalue weighted by Gasteiger charge is -2.09. The van der Waals surface area contributed by atoms with E-state index in [0.717, 1.165) is 12.2 Å². The van der Waals surface area contributed by atoms with Gasteiger partial charge in [-0.1, -0.05) is 0 Å². The Morgan fingerprint density at radius 1 is 1.38 bits per heavy atom. The summed E-state index contributed by atoms with van der Waals surface area (Å²) in [7, 11) is 0. The number of rotatable bonds is 4. The predicted molar refractivity (Wildman–Crippen MR) is 93.2 cm³/mol. The van der Waals surface area contributed by atoms with Gasteiger partial charge in [0.2, 0.25) is 0 Å². The minimum absolute atomic E-state index is 0.139. The van der Waals surface area contributed by atoms with E-state index in [1.165, 1.54) is 12.4 Å². The number of nitrogens with zero attached hydrogens (tertiary/aromatic N) is 5. The average Bonchev–Trinajstić information content (AvgIpc) is 2.83. The van der Waals surface area contributed by atoms with Gasteiger partial charge in [0.25, 0.3) is 0 Å². The molecular weight excluding hydrogens is 337 g/mol. The minimum Gasteiger partial charge on any atom is -0.488 e. The van der Waals surface area contributed by atoms with E-state index in [4.69, 9.17) is 10.5 Å². The van der Waals surface area contributed by atoms with Crippen LogP contribution in [0, 0.1) is 17.1 Å². The van der Waals surface area contributed by atoms with Crippen molar-refractivity contribution in [1.82, 2.24) is 19.5 Å². The van der Waals surface area contributed by atoms with Crippen molar-refractivity contribution in [2.75, 3.05) is 24.2 Å². The van der Waals surface area contributed by atoms with Crippen LogP contribution in [0.15, 0.2) is 18.5 Å². The van der Waals surface area contributed by atoms with Crippen LogP contribution in [0.5, 0.6) is 5.75 Å². The number of nitrogen functional groups attached to an aromatic ring is 1. The highest BCUT2D eigenvalue weighted by atomic mass is 19.1. The van der Waals surface area contributed by atoms with Crippen LogP contribution in [0.3, 0.4) is 0 Å². The minimum atomic E-state index is -0.375. The van der Waals surface area contributed by atoms with E-state index in [-0.39, 0.29) is 22.9 Å². The predicted octanol–water partition coefficient (Wildman–Crippen LogP) is 1.86. The number of nitrogens with one attached hydrogen (secondary N) is 1. The Morgan fingerprint density at radius 2 is 2.27 bits per heavy atom. The maximum Gasteiger partial charge on any atom is 0.180 e. The number of ether oxygens (including phenoxy) is 1. The number of hydrogen-bond donors (Lipinski definition) is 2. The molecule has 1 aromatic carbocycles. The Morgan fingerprint density at radius 3 is 3.12 bits per heavy atom. The number of halogens is 1. The Labute approximate surface area is 148 Å². The quantitative estimate of drug-likeness (QED) is 0.735. The van der Waals surface area contributed by atoms with Crippen molar-refractivity contribution in [3.63, 3.8) is 0 Å². The van der Waals surface area contributed by atoms with Gasteiger partial charge < -0.3 is 20.4 Å². The summed E-state index contributed by atoms with van der Waals surface area (Å²) in [6, 6.07) is 5.04. The van der Waals surface area contributed by atoms with E-state index in [0.29, 0.717) is 43.0 Å². The fourth-order valence-electron chi connectivity index (χ4n) is 3.12. The maximum atomic E-state index is 14.1. The van der Waals surface area contributed by atoms with Crippen molar-refractivity contribution in [1.29, 1.82) is 5.26 Å². The van der Waals surface area contributed by atoms with Crippen LogP contribution in [0.4, 0.5) is 16.0 Å². The SMILES string of the molecule is N#Cc1c(N)ncnc1NCCc1nc2ccc(F)c3c2n1CCCO3. The standard InChI is InChI=1S/C17H16FN7O/c18-11-2-3-12-14-15(11)26-7-1-6-25(14)13(24-12)4-5-21-17-10(8-19)16(20)22-9-23-17/h2-3,9H,1,4-7H2,(H3,20,21,22,23). The Kier molecular flexibility index (Phi) is 4.01. The summed E-state index contributed by atoms with van der Waals surface area (Å²) >= 11 is 0. The highest BCUT2D eigenvalue weighted by molar-refractivity contribution is 5.83. The molecule has 3 aromatic rings. The van der Waals surface area contributed by atoms with Crippen molar-refractivity contribution in [3.8, 4) is 11.8 Å². The van der Waals surface area contributed by atoms with Gasteiger partial charge in [0.1, 0.15) is 40.9 Å². The van der Waals surface area contributed by atoms with E-state index in [1.54, 1.807) is 6.07 Å². The number of aromatic nitrogens is 4. The molecule has 3 N–H and O–H groups in total. The zero-order valence-corrected chi connectivity index (χ0v) is 13.9. The first-order valence-corrected chi connectivity index (χ1v) is 8.24. The second-order valence-electron chi connectivity index (χ2n) is 5.90. The molecular formula is C17H16FN7O. The lowest BCUT2D eigenvalue weighted by atomic mass is 10.3. The lowest BCUT2D eigenvalue weighted by molar-refractivity contribution is 0.301. The van der Waals surface area contributed by atoms with Gasteiger partial charge in [0.05, 0.1) is 12.1 Å². The molecule has 4 rings (SSSR count). The van der Waals surface area contributed by atoms with E-state index in [1.807, 2.05) is 10.6 Å². The molecule has 9 heteroatoms. The molecule has 0 saturated heterocycles. The highest BCUT2D eigenvalue weighted by Gasteiger charge is 2.20. The van der Waals surface area contributed by atoms with Crippen LogP contribution in [-0.2, 0) is 13.0 Å². The summed E-state index contributed by atoms with van der Waals surface area (Å²) in [5.41, 5.74) is 7.31. The number of aryl methyl sites for hydroxylation is 1. The van der Waals surface area contributed by atoms with E-state index >= 15 is 0 Å². The van der Waals surface area contributed by atoms with Gasteiger partial charge in [-0.3, -0.25) is 0 Å². The number of imidazole rings is 1. The fraction of sp³-hybridized carbons (Fsp3) is 0.294. The molecule has 0 unspecified atom stereocenters. The zero-order chi connectivity index (χ0) is 18.1. The van der Waals surface area contributed by atoms with Crippen LogP contribution < -0.4 is 15.8 Å². The summed E-state index contributed by atoms with van der Waals surface area (Å²) in [5.74, 6) is 1.25. The van der Waals surface area contributed by atoms with Crippen LogP contribution in [0.2, 0.25) is 0 Å². The third-order valence-electron chi connectivity index (χ3n) is 4.30. The maximum absolute atomic E-state index is 14.1. The molecule has 0 radical (unpaired) electrons. The van der Waals surface area contributed by atoms with E-state index in [2.05, 4.69) is 20.3 Å². The van der Waals surface area contributed by atoms with Crippen molar-refractivity contribution < 1.29 is 9.13 Å². The molecule has 0 spiro atoms. The third-order valence-corrected chi connectivity index (χ3v) is 4.30. The third kappa shape index (κ3) is 2.65. The number of hydrogen-bond acceptors (Lipinski definition) is 7. The largest absolute Gasteiger partial charge is 0.488 e. The molecule has 1 aliphatic rings. The molecule has 0 bridgehead atoms. The first-order chi connectivity index (χ1) is 12.7. The molecule has 3 heterocycles. The monoisotopic (exact) mass is 353 g/mol. The second kappa shape index (κ2) is 6.48. The molecule has 0 atom stereocenters. The molecule has 26 heavy (non-hydrogen) atoms. The van der Waals surface area contributed by atoms with Crippen molar-refractivity contribution in [2.45, 2.75) is 19.4 Å². The smallest absolute Gasteiger partial charge is 0.180 e. The van der Waals surface area contributed by atoms with Crippen LogP contribution >= 0.6 is 0 Å². The Balaban J connectivity index is 1.60. The molecule has 0 fully saturated rings. The van der Waals surface area contributed by atoms with Gasteiger partial charge in [0, 0.05) is 19.5 Å². The van der Waals surface area contributed by atoms with Crippen molar-refractivity contribution in [2.24, 2.45) is 0 Å². The molecule has 132 valence electrons. The summed E-state index contributed by atoms with van der Waals surface area (Å²) in [4.78, 5) is 12.5. The number of nitrogens with two attached hydrogens (primary N) is 1. The van der Waals surface area contributed by atoms with Crippen molar-refractivity contribution >= 4 is 22.7 Å². The summed E-state index contributed by atoms with van der Waals surface area (Å²) in [6.07, 6.45) is 2.66. The van der Waals surface area contributed by atoms with Gasteiger partial charge in [-0.15, -0.1) is 0 Å².